The first kappa shape index (κ1) is 16.4. The van der Waals surface area contributed by atoms with Gasteiger partial charge in [0.25, 0.3) is 7.82 Å². The van der Waals surface area contributed by atoms with Gasteiger partial charge < -0.3 is 39.8 Å². The van der Waals surface area contributed by atoms with Gasteiger partial charge in [0.05, 0.1) is 6.61 Å². The van der Waals surface area contributed by atoms with Crippen LogP contribution in [-0.4, -0.2) is 67.4 Å². The van der Waals surface area contributed by atoms with Gasteiger partial charge >= 0.3 is 5.97 Å². The van der Waals surface area contributed by atoms with Crippen molar-refractivity contribution in [2.24, 2.45) is 0 Å². The average Bonchev–Trinajstić information content (AvgIpc) is 2.21. The second kappa shape index (κ2) is 6.38. The molecule has 0 aromatic heterocycles. The molecule has 11 heteroatoms. The molecule has 0 radical (unpaired) electrons. The normalized spacial score (nSPS) is 22.2. The molecule has 0 fully saturated rings. The first-order chi connectivity index (χ1) is 7.56. The van der Waals surface area contributed by atoms with Crippen molar-refractivity contribution in [2.45, 2.75) is 24.4 Å². The molecule has 5 atom stereocenters. The van der Waals surface area contributed by atoms with Crippen molar-refractivity contribution >= 4 is 13.8 Å². The van der Waals surface area contributed by atoms with Crippen LogP contribution in [0.1, 0.15) is 0 Å². The molecule has 0 heterocycles. The van der Waals surface area contributed by atoms with Crippen LogP contribution in [0.25, 0.3) is 0 Å². The summed E-state index contributed by atoms with van der Waals surface area (Å²) in [4.78, 5) is 28.5. The Labute approximate surface area is 94.9 Å². The number of aliphatic carboxylic acids is 1. The Morgan fingerprint density at radius 1 is 1.24 bits per heavy atom. The molecule has 0 rings (SSSR count). The van der Waals surface area contributed by atoms with E-state index in [4.69, 9.17) is 30.4 Å². The zero-order chi connectivity index (χ0) is 13.8. The van der Waals surface area contributed by atoms with Gasteiger partial charge in [-0.1, -0.05) is 0 Å². The van der Waals surface area contributed by atoms with Crippen LogP contribution in [0.4, 0.5) is 0 Å². The molecule has 0 aliphatic carbocycles. The van der Waals surface area contributed by atoms with E-state index in [1.165, 1.54) is 0 Å². The second-order valence-corrected chi connectivity index (χ2v) is 4.29. The average molecular weight is 275 g/mol. The number of carboxylic acids is 1. The van der Waals surface area contributed by atoms with Gasteiger partial charge in [0.15, 0.2) is 6.10 Å². The van der Waals surface area contributed by atoms with Gasteiger partial charge in [0.1, 0.15) is 18.3 Å². The van der Waals surface area contributed by atoms with Crippen molar-refractivity contribution in [3.05, 3.63) is 0 Å². The van der Waals surface area contributed by atoms with Gasteiger partial charge in [-0.2, -0.15) is 0 Å². The van der Waals surface area contributed by atoms with E-state index in [0.717, 1.165) is 0 Å². The lowest BCUT2D eigenvalue weighted by Gasteiger charge is -2.25. The van der Waals surface area contributed by atoms with Gasteiger partial charge in [-0.05, 0) is 0 Å². The second-order valence-electron chi connectivity index (χ2n) is 3.10. The topological polar surface area (TPSA) is 188 Å². The molecule has 0 aliphatic heterocycles. The summed E-state index contributed by atoms with van der Waals surface area (Å²) in [5.74, 6) is -1.85. The number of carbonyl (C=O) groups is 1. The van der Waals surface area contributed by atoms with Crippen molar-refractivity contribution in [1.29, 1.82) is 0 Å². The highest BCUT2D eigenvalue weighted by Crippen LogP contribution is 2.30. The van der Waals surface area contributed by atoms with Gasteiger partial charge in [-0.25, -0.2) is 4.79 Å². The summed E-state index contributed by atoms with van der Waals surface area (Å²) in [6.07, 6.45) is -8.82. The molecule has 0 saturated heterocycles. The molecule has 0 bridgehead atoms. The van der Waals surface area contributed by atoms with E-state index < -0.39 is 44.8 Å². The van der Waals surface area contributed by atoms with E-state index in [-0.39, 0.29) is 0 Å². The van der Waals surface area contributed by atoms with Crippen LogP contribution in [0.5, 0.6) is 0 Å². The van der Waals surface area contributed by atoms with E-state index in [1.54, 1.807) is 0 Å². The summed E-state index contributed by atoms with van der Waals surface area (Å²) in [6, 6.07) is 0. The zero-order valence-electron chi connectivity index (χ0n) is 8.28. The summed E-state index contributed by atoms with van der Waals surface area (Å²) in [5.41, 5.74) is 0. The van der Waals surface area contributed by atoms with Crippen LogP contribution in [0, 0.1) is 0 Å². The molecule has 0 spiro atoms. The molecule has 0 aliphatic rings. The Bertz CT molecular complexity index is 299. The Morgan fingerprint density at radius 3 is 2.06 bits per heavy atom. The summed E-state index contributed by atoms with van der Waals surface area (Å²) in [7, 11) is -5.11. The predicted molar refractivity (Wildman–Crippen MR) is 47.4 cm³/mol. The first-order valence-corrected chi connectivity index (χ1v) is 5.69. The Kier molecular flexibility index (Phi) is 6.16. The Hall–Kier alpha value is -0.580. The molecule has 102 valence electrons. The van der Waals surface area contributed by atoms with Crippen molar-refractivity contribution in [1.82, 2.24) is 0 Å². The predicted octanol–water partition coefficient (Wildman–Crippen LogP) is -4.01. The Morgan fingerprint density at radius 2 is 1.71 bits per heavy atom. The fraction of sp³-hybridized carbons (Fsp3) is 0.833. The molecule has 10 nitrogen and oxygen atoms in total. The number of phosphoric acid groups is 1. The third-order valence-electron chi connectivity index (χ3n) is 1.73. The van der Waals surface area contributed by atoms with Crippen LogP contribution >= 0.6 is 7.82 Å². The quantitative estimate of drug-likeness (QED) is 0.250. The van der Waals surface area contributed by atoms with Gasteiger partial charge in [-0.15, -0.1) is 0 Å². The SMILES string of the molecule is O=C(O)[C@H](O)[C@@H](O)[C@H](O)[C@H](O)COP(=O)([O-])O. The lowest BCUT2D eigenvalue weighted by Crippen LogP contribution is -2.48. The van der Waals surface area contributed by atoms with Gasteiger partial charge in [0, 0.05) is 0 Å². The first-order valence-electron chi connectivity index (χ1n) is 4.19. The molecule has 0 amide bonds. The van der Waals surface area contributed by atoms with Crippen LogP contribution in [-0.2, 0) is 13.9 Å². The summed E-state index contributed by atoms with van der Waals surface area (Å²) >= 11 is 0. The Balaban J connectivity index is 4.34. The number of aliphatic hydroxyl groups is 4. The highest BCUT2D eigenvalue weighted by molar-refractivity contribution is 7.44. The summed E-state index contributed by atoms with van der Waals surface area (Å²) in [6.45, 7) is -1.11. The number of hydrogen-bond donors (Lipinski definition) is 6. The minimum atomic E-state index is -5.11. The smallest absolute Gasteiger partial charge is 0.335 e. The maximum atomic E-state index is 10.2. The highest BCUT2D eigenvalue weighted by atomic mass is 31.2. The molecule has 1 unspecified atom stereocenters. The minimum Gasteiger partial charge on any atom is -0.756 e. The number of carboxylic acid groups (broad SMARTS) is 1. The highest BCUT2D eigenvalue weighted by Gasteiger charge is 2.34. The number of rotatable bonds is 7. The molecule has 6 N–H and O–H groups in total. The van der Waals surface area contributed by atoms with E-state index in [9.17, 15) is 14.3 Å². The standard InChI is InChI=1S/C6H13O10P/c7-2(1-16-17(13,14)15)3(8)4(9)5(10)6(11)12/h2-5,7-10H,1H2,(H,11,12)(H2,13,14,15)/p-1/t2-,3-,4+,5-/m1/s1. The maximum absolute atomic E-state index is 10.2. The number of phosphoric ester groups is 1. The van der Waals surface area contributed by atoms with Gasteiger partial charge in [-0.3, -0.25) is 4.57 Å². The van der Waals surface area contributed by atoms with Crippen molar-refractivity contribution < 1.29 is 49.2 Å². The van der Waals surface area contributed by atoms with E-state index in [0.29, 0.717) is 0 Å². The number of aliphatic hydroxyl groups excluding tert-OH is 4. The van der Waals surface area contributed by atoms with E-state index >= 15 is 0 Å². The van der Waals surface area contributed by atoms with E-state index in [1.807, 2.05) is 0 Å². The molecule has 0 saturated carbocycles. The monoisotopic (exact) mass is 275 g/mol. The molecular weight excluding hydrogens is 263 g/mol. The van der Waals surface area contributed by atoms with Crippen molar-refractivity contribution in [3.63, 3.8) is 0 Å². The molecule has 0 aromatic rings. The molecular formula is C6H12O10P-. The zero-order valence-corrected chi connectivity index (χ0v) is 9.17. The van der Waals surface area contributed by atoms with Crippen LogP contribution in [0.15, 0.2) is 0 Å². The summed E-state index contributed by atoms with van der Waals surface area (Å²) in [5, 5.41) is 44.3. The molecule has 17 heavy (non-hydrogen) atoms. The van der Waals surface area contributed by atoms with E-state index in [2.05, 4.69) is 4.52 Å². The molecule has 0 aromatic carbocycles. The van der Waals surface area contributed by atoms with Crippen molar-refractivity contribution in [2.75, 3.05) is 6.61 Å². The van der Waals surface area contributed by atoms with Crippen LogP contribution < -0.4 is 4.89 Å². The third-order valence-corrected chi connectivity index (χ3v) is 2.20. The largest absolute Gasteiger partial charge is 0.756 e. The minimum absolute atomic E-state index is 1.11. The third kappa shape index (κ3) is 6.05. The summed E-state index contributed by atoms with van der Waals surface area (Å²) < 4.78 is 13.8. The fourth-order valence-electron chi connectivity index (χ4n) is 0.830. The lowest BCUT2D eigenvalue weighted by molar-refractivity contribution is -0.223. The number of hydrogen-bond acceptors (Lipinski definition) is 8. The lowest BCUT2D eigenvalue weighted by atomic mass is 10.0. The fourth-order valence-corrected chi connectivity index (χ4v) is 1.17. The maximum Gasteiger partial charge on any atom is 0.335 e. The van der Waals surface area contributed by atoms with Crippen LogP contribution in [0.2, 0.25) is 0 Å². The van der Waals surface area contributed by atoms with Gasteiger partial charge in [0.2, 0.25) is 0 Å². The van der Waals surface area contributed by atoms with Crippen LogP contribution in [0.3, 0.4) is 0 Å². The van der Waals surface area contributed by atoms with Crippen molar-refractivity contribution in [3.8, 4) is 0 Å².